The standard InChI is InChI=1S/C24H20FN3O4S/c1-4-32-24(31)19-17(14-7-5-13(2)6-8-14)12-33-23(19)26-22(30)20-21(29)16-11-15(25)9-10-18(16)28(3)27-20/h5-12H,4H2,1-3H3,(H,26,30). The van der Waals surface area contributed by atoms with E-state index in [1.807, 2.05) is 31.2 Å². The van der Waals surface area contributed by atoms with Crippen molar-refractivity contribution < 1.29 is 18.7 Å². The lowest BCUT2D eigenvalue weighted by Crippen LogP contribution is -2.26. The van der Waals surface area contributed by atoms with Crippen molar-refractivity contribution in [3.8, 4) is 11.1 Å². The molecule has 33 heavy (non-hydrogen) atoms. The zero-order chi connectivity index (χ0) is 23.7. The molecule has 0 saturated heterocycles. The van der Waals surface area contributed by atoms with Crippen LogP contribution in [-0.2, 0) is 11.8 Å². The molecule has 0 saturated carbocycles. The van der Waals surface area contributed by atoms with Crippen molar-refractivity contribution in [2.24, 2.45) is 7.05 Å². The molecular formula is C24H20FN3O4S. The summed E-state index contributed by atoms with van der Waals surface area (Å²) in [5.74, 6) is -1.99. The molecule has 2 aromatic carbocycles. The maximum atomic E-state index is 13.7. The quantitative estimate of drug-likeness (QED) is 0.437. The number of fused-ring (bicyclic) bond motifs is 1. The van der Waals surface area contributed by atoms with Gasteiger partial charge >= 0.3 is 5.97 Å². The fraction of sp³-hybridized carbons (Fsp3) is 0.167. The van der Waals surface area contributed by atoms with Gasteiger partial charge in [0.1, 0.15) is 16.4 Å². The van der Waals surface area contributed by atoms with Gasteiger partial charge in [0, 0.05) is 18.0 Å². The smallest absolute Gasteiger partial charge is 0.341 e. The minimum Gasteiger partial charge on any atom is -0.462 e. The molecule has 0 spiro atoms. The van der Waals surface area contributed by atoms with Crippen LogP contribution in [0, 0.1) is 12.7 Å². The molecule has 0 fully saturated rings. The van der Waals surface area contributed by atoms with Crippen LogP contribution in [0.15, 0.2) is 52.6 Å². The molecule has 4 aromatic rings. The van der Waals surface area contributed by atoms with Gasteiger partial charge in [0.15, 0.2) is 5.69 Å². The normalized spacial score (nSPS) is 10.9. The van der Waals surface area contributed by atoms with Crippen molar-refractivity contribution in [2.75, 3.05) is 11.9 Å². The van der Waals surface area contributed by atoms with Gasteiger partial charge < -0.3 is 10.1 Å². The van der Waals surface area contributed by atoms with E-state index in [4.69, 9.17) is 4.74 Å². The molecule has 9 heteroatoms. The monoisotopic (exact) mass is 465 g/mol. The molecule has 0 aliphatic heterocycles. The number of aryl methyl sites for hydroxylation is 2. The number of esters is 1. The molecule has 7 nitrogen and oxygen atoms in total. The second-order valence-corrected chi connectivity index (χ2v) is 8.24. The highest BCUT2D eigenvalue weighted by Gasteiger charge is 2.25. The first-order valence-electron chi connectivity index (χ1n) is 10.1. The van der Waals surface area contributed by atoms with Gasteiger partial charge in [0.25, 0.3) is 5.91 Å². The van der Waals surface area contributed by atoms with Crippen LogP contribution in [0.5, 0.6) is 0 Å². The third-order valence-corrected chi connectivity index (χ3v) is 5.99. The lowest BCUT2D eigenvalue weighted by Gasteiger charge is -2.10. The Morgan fingerprint density at radius 2 is 1.91 bits per heavy atom. The lowest BCUT2D eigenvalue weighted by molar-refractivity contribution is 0.0529. The van der Waals surface area contributed by atoms with E-state index in [0.717, 1.165) is 28.5 Å². The number of amides is 1. The largest absolute Gasteiger partial charge is 0.462 e. The van der Waals surface area contributed by atoms with Crippen molar-refractivity contribution >= 4 is 39.1 Å². The maximum absolute atomic E-state index is 13.7. The van der Waals surface area contributed by atoms with Gasteiger partial charge in [-0.2, -0.15) is 5.10 Å². The van der Waals surface area contributed by atoms with Gasteiger partial charge in [-0.05, 0) is 37.6 Å². The van der Waals surface area contributed by atoms with E-state index in [2.05, 4.69) is 10.4 Å². The third-order valence-electron chi connectivity index (χ3n) is 5.09. The summed E-state index contributed by atoms with van der Waals surface area (Å²) in [6, 6.07) is 11.3. The Balaban J connectivity index is 1.77. The second-order valence-electron chi connectivity index (χ2n) is 7.36. The third kappa shape index (κ3) is 4.27. The van der Waals surface area contributed by atoms with Crippen molar-refractivity contribution in [3.63, 3.8) is 0 Å². The number of benzene rings is 2. The minimum absolute atomic E-state index is 0.0368. The number of nitrogens with zero attached hydrogens (tertiary/aromatic N) is 2. The Hall–Kier alpha value is -3.85. The predicted octanol–water partition coefficient (Wildman–Crippen LogP) is 4.54. The fourth-order valence-electron chi connectivity index (χ4n) is 3.46. The Labute approximate surface area is 192 Å². The SMILES string of the molecule is CCOC(=O)c1c(-c2ccc(C)cc2)csc1NC(=O)c1nn(C)c2ccc(F)cc2c1=O. The predicted molar refractivity (Wildman–Crippen MR) is 125 cm³/mol. The van der Waals surface area contributed by atoms with Gasteiger partial charge in [0.05, 0.1) is 17.5 Å². The second kappa shape index (κ2) is 8.95. The fourth-order valence-corrected chi connectivity index (χ4v) is 4.41. The average Bonchev–Trinajstić information content (AvgIpc) is 3.20. The molecule has 0 bridgehead atoms. The van der Waals surface area contributed by atoms with E-state index >= 15 is 0 Å². The van der Waals surface area contributed by atoms with E-state index in [1.54, 1.807) is 19.4 Å². The Kier molecular flexibility index (Phi) is 6.06. The summed E-state index contributed by atoms with van der Waals surface area (Å²) in [7, 11) is 1.56. The summed E-state index contributed by atoms with van der Waals surface area (Å²) in [6.45, 7) is 3.81. The van der Waals surface area contributed by atoms with Crippen LogP contribution in [0.4, 0.5) is 9.39 Å². The number of carbonyl (C=O) groups excluding carboxylic acids is 2. The molecule has 4 rings (SSSR count). The summed E-state index contributed by atoms with van der Waals surface area (Å²) >= 11 is 1.14. The molecule has 1 amide bonds. The Bertz CT molecular complexity index is 1440. The van der Waals surface area contributed by atoms with Gasteiger partial charge in [-0.15, -0.1) is 11.3 Å². The summed E-state index contributed by atoms with van der Waals surface area (Å²) in [6.07, 6.45) is 0. The van der Waals surface area contributed by atoms with Gasteiger partial charge in [0.2, 0.25) is 5.43 Å². The number of aromatic nitrogens is 2. The molecule has 1 N–H and O–H groups in total. The maximum Gasteiger partial charge on any atom is 0.341 e. The number of carbonyl (C=O) groups is 2. The number of rotatable bonds is 5. The first kappa shape index (κ1) is 22.3. The first-order valence-corrected chi connectivity index (χ1v) is 11.0. The van der Waals surface area contributed by atoms with Crippen LogP contribution in [0.1, 0.15) is 33.3 Å². The molecule has 0 atom stereocenters. The van der Waals surface area contributed by atoms with E-state index < -0.39 is 28.8 Å². The van der Waals surface area contributed by atoms with Crippen LogP contribution in [0.3, 0.4) is 0 Å². The number of halogens is 1. The topological polar surface area (TPSA) is 90.3 Å². The Morgan fingerprint density at radius 1 is 1.18 bits per heavy atom. The highest BCUT2D eigenvalue weighted by atomic mass is 32.1. The Morgan fingerprint density at radius 3 is 2.61 bits per heavy atom. The van der Waals surface area contributed by atoms with Gasteiger partial charge in [-0.3, -0.25) is 14.3 Å². The molecule has 2 aromatic heterocycles. The van der Waals surface area contributed by atoms with E-state index in [9.17, 15) is 18.8 Å². The van der Waals surface area contributed by atoms with Crippen molar-refractivity contribution in [3.05, 3.63) is 80.7 Å². The number of hydrogen-bond donors (Lipinski definition) is 1. The van der Waals surface area contributed by atoms with Crippen LogP contribution >= 0.6 is 11.3 Å². The minimum atomic E-state index is -0.801. The summed E-state index contributed by atoms with van der Waals surface area (Å²) in [4.78, 5) is 38.6. The van der Waals surface area contributed by atoms with Crippen LogP contribution in [-0.4, -0.2) is 28.3 Å². The van der Waals surface area contributed by atoms with Crippen molar-refractivity contribution in [2.45, 2.75) is 13.8 Å². The highest BCUT2D eigenvalue weighted by molar-refractivity contribution is 7.15. The van der Waals surface area contributed by atoms with E-state index in [-0.39, 0.29) is 22.6 Å². The first-order chi connectivity index (χ1) is 15.8. The molecule has 0 radical (unpaired) electrons. The number of hydrogen-bond acceptors (Lipinski definition) is 6. The molecule has 168 valence electrons. The molecule has 0 aliphatic rings. The van der Waals surface area contributed by atoms with Crippen molar-refractivity contribution in [1.82, 2.24) is 9.78 Å². The number of thiophene rings is 1. The van der Waals surface area contributed by atoms with E-state index in [0.29, 0.717) is 11.1 Å². The van der Waals surface area contributed by atoms with Crippen LogP contribution in [0.25, 0.3) is 22.0 Å². The number of nitrogens with one attached hydrogen (secondary N) is 1. The number of ether oxygens (including phenoxy) is 1. The van der Waals surface area contributed by atoms with Crippen LogP contribution < -0.4 is 10.7 Å². The molecule has 0 unspecified atom stereocenters. The van der Waals surface area contributed by atoms with Gasteiger partial charge in [-0.1, -0.05) is 29.8 Å². The lowest BCUT2D eigenvalue weighted by atomic mass is 10.0. The van der Waals surface area contributed by atoms with Crippen molar-refractivity contribution in [1.29, 1.82) is 0 Å². The molecular weight excluding hydrogens is 445 g/mol. The van der Waals surface area contributed by atoms with Crippen LogP contribution in [0.2, 0.25) is 0 Å². The number of anilines is 1. The molecule has 0 aliphatic carbocycles. The molecule has 2 heterocycles. The zero-order valence-electron chi connectivity index (χ0n) is 18.1. The average molecular weight is 466 g/mol. The summed E-state index contributed by atoms with van der Waals surface area (Å²) < 4.78 is 20.3. The zero-order valence-corrected chi connectivity index (χ0v) is 19.0. The summed E-state index contributed by atoms with van der Waals surface area (Å²) in [5, 5.41) is 8.71. The van der Waals surface area contributed by atoms with E-state index in [1.165, 1.54) is 16.8 Å². The highest BCUT2D eigenvalue weighted by Crippen LogP contribution is 2.36. The summed E-state index contributed by atoms with van der Waals surface area (Å²) in [5.41, 5.74) is 1.94. The van der Waals surface area contributed by atoms with Gasteiger partial charge in [-0.25, -0.2) is 9.18 Å².